The maximum atomic E-state index is 13.3. The van der Waals surface area contributed by atoms with Crippen LogP contribution in [0.25, 0.3) is 0 Å². The zero-order valence-electron chi connectivity index (χ0n) is 10.4. The van der Waals surface area contributed by atoms with Crippen LogP contribution in [0, 0.1) is 5.82 Å². The third-order valence-electron chi connectivity index (χ3n) is 2.94. The predicted octanol–water partition coefficient (Wildman–Crippen LogP) is 2.60. The summed E-state index contributed by atoms with van der Waals surface area (Å²) in [6.45, 7) is 0.615. The number of anilines is 1. The Morgan fingerprint density at radius 1 is 1.32 bits per heavy atom. The highest BCUT2D eigenvalue weighted by Crippen LogP contribution is 2.23. The lowest BCUT2D eigenvalue weighted by molar-refractivity contribution is 0.387. The number of benzene rings is 1. The molecular weight excluding hydrogens is 245 g/mol. The van der Waals surface area contributed by atoms with Crippen molar-refractivity contribution >= 4 is 11.5 Å². The molecule has 0 radical (unpaired) electrons. The summed E-state index contributed by atoms with van der Waals surface area (Å²) in [4.78, 5) is 8.68. The molecule has 1 N–H and O–H groups in total. The number of aromatic nitrogens is 1. The number of rotatable bonds is 2. The predicted molar refractivity (Wildman–Crippen MR) is 71.1 cm³/mol. The van der Waals surface area contributed by atoms with Crippen molar-refractivity contribution in [3.63, 3.8) is 0 Å². The Morgan fingerprint density at radius 3 is 3.05 bits per heavy atom. The van der Waals surface area contributed by atoms with Gasteiger partial charge in [-0.2, -0.15) is 0 Å². The van der Waals surface area contributed by atoms with E-state index in [9.17, 15) is 4.39 Å². The molecule has 1 aromatic heterocycles. The minimum atomic E-state index is -0.389. The molecule has 19 heavy (non-hydrogen) atoms. The molecule has 4 nitrogen and oxygen atoms in total. The topological polar surface area (TPSA) is 46.5 Å². The Balaban J connectivity index is 1.87. The van der Waals surface area contributed by atoms with E-state index in [1.807, 2.05) is 12.1 Å². The molecule has 0 unspecified atom stereocenters. The maximum absolute atomic E-state index is 13.3. The van der Waals surface area contributed by atoms with Crippen molar-refractivity contribution in [2.45, 2.75) is 6.54 Å². The van der Waals surface area contributed by atoms with Crippen molar-refractivity contribution in [1.29, 1.82) is 0 Å². The normalized spacial score (nSPS) is 12.8. The average Bonchev–Trinajstić information content (AvgIpc) is 2.84. The first kappa shape index (κ1) is 11.6. The number of ether oxygens (including phenoxy) is 1. The molecular formula is C14H12FN3O. The SMILES string of the molecule is COc1cc(NC2=NCc3cccnc32)ccc1F. The van der Waals surface area contributed by atoms with E-state index >= 15 is 0 Å². The number of methoxy groups -OCH3 is 1. The maximum Gasteiger partial charge on any atom is 0.165 e. The van der Waals surface area contributed by atoms with Crippen LogP contribution in [0.5, 0.6) is 5.75 Å². The van der Waals surface area contributed by atoms with Crippen molar-refractivity contribution < 1.29 is 9.13 Å². The number of nitrogens with zero attached hydrogens (tertiary/aromatic N) is 2. The molecule has 2 heterocycles. The number of hydrogen-bond donors (Lipinski definition) is 1. The van der Waals surface area contributed by atoms with E-state index in [0.29, 0.717) is 12.4 Å². The highest BCUT2D eigenvalue weighted by molar-refractivity contribution is 6.09. The number of hydrogen-bond acceptors (Lipinski definition) is 4. The zero-order chi connectivity index (χ0) is 13.2. The summed E-state index contributed by atoms with van der Waals surface area (Å²) in [5.74, 6) is 0.508. The highest BCUT2D eigenvalue weighted by Gasteiger charge is 2.17. The lowest BCUT2D eigenvalue weighted by atomic mass is 10.2. The molecule has 0 atom stereocenters. The molecule has 0 spiro atoms. The van der Waals surface area contributed by atoms with Crippen LogP contribution in [0.4, 0.5) is 10.1 Å². The minimum Gasteiger partial charge on any atom is -0.494 e. The Kier molecular flexibility index (Phi) is 2.87. The van der Waals surface area contributed by atoms with Crippen LogP contribution in [0.3, 0.4) is 0 Å². The van der Waals surface area contributed by atoms with Gasteiger partial charge in [0.15, 0.2) is 17.4 Å². The van der Waals surface area contributed by atoms with Gasteiger partial charge in [0.25, 0.3) is 0 Å². The van der Waals surface area contributed by atoms with Crippen LogP contribution in [0.15, 0.2) is 41.5 Å². The summed E-state index contributed by atoms with van der Waals surface area (Å²) in [6, 6.07) is 8.47. The Morgan fingerprint density at radius 2 is 2.21 bits per heavy atom. The van der Waals surface area contributed by atoms with Crippen molar-refractivity contribution in [2.75, 3.05) is 12.4 Å². The molecule has 0 aliphatic carbocycles. The van der Waals surface area contributed by atoms with Gasteiger partial charge < -0.3 is 10.1 Å². The summed E-state index contributed by atoms with van der Waals surface area (Å²) in [5.41, 5.74) is 2.64. The molecule has 3 rings (SSSR count). The van der Waals surface area contributed by atoms with Gasteiger partial charge in [-0.3, -0.25) is 9.98 Å². The molecule has 1 aromatic carbocycles. The van der Waals surface area contributed by atoms with Crippen molar-refractivity contribution in [3.8, 4) is 5.75 Å². The van der Waals surface area contributed by atoms with Gasteiger partial charge in [-0.25, -0.2) is 4.39 Å². The van der Waals surface area contributed by atoms with Gasteiger partial charge in [0.05, 0.1) is 13.7 Å². The molecule has 0 bridgehead atoms. The fraction of sp³-hybridized carbons (Fsp3) is 0.143. The molecule has 0 saturated carbocycles. The third kappa shape index (κ3) is 2.14. The van der Waals surface area contributed by atoms with Crippen LogP contribution in [0.2, 0.25) is 0 Å². The first-order valence-electron chi connectivity index (χ1n) is 5.87. The molecule has 1 aliphatic rings. The number of halogens is 1. The fourth-order valence-electron chi connectivity index (χ4n) is 1.99. The van der Waals surface area contributed by atoms with Gasteiger partial charge in [-0.05, 0) is 18.2 Å². The van der Waals surface area contributed by atoms with Crippen molar-refractivity contribution in [2.24, 2.45) is 4.99 Å². The molecule has 0 fully saturated rings. The number of amidine groups is 1. The number of fused-ring (bicyclic) bond motifs is 1. The molecule has 0 amide bonds. The van der Waals surface area contributed by atoms with Crippen LogP contribution in [0.1, 0.15) is 11.3 Å². The van der Waals surface area contributed by atoms with E-state index < -0.39 is 0 Å². The number of pyridine rings is 1. The number of nitrogens with one attached hydrogen (secondary N) is 1. The lowest BCUT2D eigenvalue weighted by Gasteiger charge is -2.09. The van der Waals surface area contributed by atoms with Crippen LogP contribution < -0.4 is 10.1 Å². The quantitative estimate of drug-likeness (QED) is 0.899. The monoisotopic (exact) mass is 257 g/mol. The van der Waals surface area contributed by atoms with Gasteiger partial charge in [-0.15, -0.1) is 0 Å². The average molecular weight is 257 g/mol. The second-order valence-electron chi connectivity index (χ2n) is 4.15. The standard InChI is InChI=1S/C14H12FN3O/c1-19-12-7-10(4-5-11(12)15)18-14-13-9(8-17-14)3-2-6-16-13/h2-7H,8H2,1H3,(H,17,18). The minimum absolute atomic E-state index is 0.199. The summed E-state index contributed by atoms with van der Waals surface area (Å²) in [6.07, 6.45) is 1.73. The van der Waals surface area contributed by atoms with Gasteiger partial charge in [0.1, 0.15) is 5.69 Å². The summed E-state index contributed by atoms with van der Waals surface area (Å²) >= 11 is 0. The van der Waals surface area contributed by atoms with Crippen LogP contribution >= 0.6 is 0 Å². The van der Waals surface area contributed by atoms with Crippen molar-refractivity contribution in [1.82, 2.24) is 4.98 Å². The third-order valence-corrected chi connectivity index (χ3v) is 2.94. The molecule has 5 heteroatoms. The molecule has 96 valence electrons. The first-order chi connectivity index (χ1) is 9.28. The summed E-state index contributed by atoms with van der Waals surface area (Å²) < 4.78 is 18.3. The second kappa shape index (κ2) is 4.68. The Bertz CT molecular complexity index is 655. The van der Waals surface area contributed by atoms with Gasteiger partial charge in [-0.1, -0.05) is 6.07 Å². The van der Waals surface area contributed by atoms with Crippen molar-refractivity contribution in [3.05, 3.63) is 53.6 Å². The highest BCUT2D eigenvalue weighted by atomic mass is 19.1. The molecule has 1 aliphatic heterocycles. The van der Waals surface area contributed by atoms with E-state index in [0.717, 1.165) is 16.9 Å². The van der Waals surface area contributed by atoms with Gasteiger partial charge >= 0.3 is 0 Å². The second-order valence-corrected chi connectivity index (χ2v) is 4.15. The van der Waals surface area contributed by atoms with E-state index in [1.165, 1.54) is 13.2 Å². The molecule has 2 aromatic rings. The van der Waals surface area contributed by atoms with Crippen LogP contribution in [-0.4, -0.2) is 17.9 Å². The van der Waals surface area contributed by atoms with E-state index in [2.05, 4.69) is 15.3 Å². The zero-order valence-corrected chi connectivity index (χ0v) is 10.4. The van der Waals surface area contributed by atoms with Gasteiger partial charge in [0, 0.05) is 23.5 Å². The van der Waals surface area contributed by atoms with Gasteiger partial charge in [0.2, 0.25) is 0 Å². The summed E-state index contributed by atoms with van der Waals surface area (Å²) in [7, 11) is 1.44. The first-order valence-corrected chi connectivity index (χ1v) is 5.87. The Hall–Kier alpha value is -2.43. The van der Waals surface area contributed by atoms with Crippen LogP contribution in [-0.2, 0) is 6.54 Å². The lowest BCUT2D eigenvalue weighted by Crippen LogP contribution is -2.13. The number of aliphatic imine (C=N–C) groups is 1. The van der Waals surface area contributed by atoms with E-state index in [-0.39, 0.29) is 11.6 Å². The van der Waals surface area contributed by atoms with E-state index in [1.54, 1.807) is 18.3 Å². The van der Waals surface area contributed by atoms with E-state index in [4.69, 9.17) is 4.74 Å². The smallest absolute Gasteiger partial charge is 0.165 e. The Labute approximate surface area is 110 Å². The summed E-state index contributed by atoms with van der Waals surface area (Å²) in [5, 5.41) is 3.14. The molecule has 0 saturated heterocycles. The fourth-order valence-corrected chi connectivity index (χ4v) is 1.99. The largest absolute Gasteiger partial charge is 0.494 e.